The Kier molecular flexibility index (Phi) is 12.7. The van der Waals surface area contributed by atoms with E-state index in [2.05, 4.69) is 74.4 Å². The first-order valence-corrected chi connectivity index (χ1v) is 13.6. The molecule has 190 valence electrons. The summed E-state index contributed by atoms with van der Waals surface area (Å²) < 4.78 is 0. The molecule has 3 nitrogen and oxygen atoms in total. The number of allylic oxidation sites excluding steroid dienone is 1. The smallest absolute Gasteiger partial charge is 0.0492 e. The lowest BCUT2D eigenvalue weighted by Crippen LogP contribution is -2.37. The Morgan fingerprint density at radius 1 is 1.24 bits per heavy atom. The van der Waals surface area contributed by atoms with E-state index in [0.29, 0.717) is 6.04 Å². The monoisotopic (exact) mass is 465 g/mol. The molecular formula is C31H51N3. The number of hydrogen-bond donors (Lipinski definition) is 2. The van der Waals surface area contributed by atoms with Crippen LogP contribution < -0.4 is 10.6 Å². The van der Waals surface area contributed by atoms with Crippen molar-refractivity contribution < 1.29 is 0 Å². The van der Waals surface area contributed by atoms with Crippen LogP contribution in [0.3, 0.4) is 0 Å². The molecule has 0 saturated heterocycles. The van der Waals surface area contributed by atoms with Crippen LogP contribution >= 0.6 is 0 Å². The normalized spacial score (nSPS) is 19.7. The summed E-state index contributed by atoms with van der Waals surface area (Å²) in [6.07, 6.45) is 15.2. The molecule has 1 aromatic rings. The molecule has 34 heavy (non-hydrogen) atoms. The van der Waals surface area contributed by atoms with Gasteiger partial charge in [-0.25, -0.2) is 0 Å². The average Bonchev–Trinajstić information content (AvgIpc) is 3.28. The van der Waals surface area contributed by atoms with Gasteiger partial charge in [0.15, 0.2) is 0 Å². The second-order valence-corrected chi connectivity index (χ2v) is 10.5. The third-order valence-corrected chi connectivity index (χ3v) is 7.68. The SMILES string of the molecule is C=CCCC(C(=C)NC)N(C)Cc1cc(CC2CCCC2NCC(C)CCCC)ccc1C=C. The molecular weight excluding hydrogens is 414 g/mol. The molecule has 1 aliphatic rings. The van der Waals surface area contributed by atoms with Gasteiger partial charge in [0.05, 0.1) is 0 Å². The molecule has 2 rings (SSSR count). The van der Waals surface area contributed by atoms with Crippen molar-refractivity contribution in [1.82, 2.24) is 15.5 Å². The molecule has 1 aliphatic carbocycles. The zero-order valence-electron chi connectivity index (χ0n) is 22.5. The molecule has 1 saturated carbocycles. The summed E-state index contributed by atoms with van der Waals surface area (Å²) in [5.74, 6) is 1.51. The predicted molar refractivity (Wildman–Crippen MR) is 151 cm³/mol. The maximum absolute atomic E-state index is 4.26. The van der Waals surface area contributed by atoms with Crippen LogP contribution in [-0.4, -0.2) is 37.6 Å². The van der Waals surface area contributed by atoms with Gasteiger partial charge in [-0.2, -0.15) is 0 Å². The van der Waals surface area contributed by atoms with Crippen molar-refractivity contribution in [2.24, 2.45) is 11.8 Å². The second-order valence-electron chi connectivity index (χ2n) is 10.5. The van der Waals surface area contributed by atoms with Crippen molar-refractivity contribution in [3.63, 3.8) is 0 Å². The Labute approximate surface area is 210 Å². The van der Waals surface area contributed by atoms with Crippen LogP contribution in [-0.2, 0) is 13.0 Å². The Morgan fingerprint density at radius 3 is 2.71 bits per heavy atom. The van der Waals surface area contributed by atoms with E-state index in [9.17, 15) is 0 Å². The zero-order valence-corrected chi connectivity index (χ0v) is 22.5. The summed E-state index contributed by atoms with van der Waals surface area (Å²) in [4.78, 5) is 2.41. The number of unbranched alkanes of at least 4 members (excludes halogenated alkanes) is 1. The van der Waals surface area contributed by atoms with Gasteiger partial charge in [-0.1, -0.05) is 76.6 Å². The summed E-state index contributed by atoms with van der Waals surface area (Å²) in [6, 6.07) is 7.96. The van der Waals surface area contributed by atoms with Crippen molar-refractivity contribution in [2.45, 2.75) is 90.3 Å². The fraction of sp³-hybridized carbons (Fsp3) is 0.613. The highest BCUT2D eigenvalue weighted by atomic mass is 15.1. The van der Waals surface area contributed by atoms with Gasteiger partial charge < -0.3 is 10.6 Å². The maximum atomic E-state index is 4.26. The Morgan fingerprint density at radius 2 is 2.03 bits per heavy atom. The van der Waals surface area contributed by atoms with Crippen LogP contribution in [0.1, 0.15) is 81.9 Å². The third kappa shape index (κ3) is 8.74. The van der Waals surface area contributed by atoms with Crippen molar-refractivity contribution in [3.8, 4) is 0 Å². The largest absolute Gasteiger partial charge is 0.391 e. The van der Waals surface area contributed by atoms with Gasteiger partial charge in [0.2, 0.25) is 0 Å². The lowest BCUT2D eigenvalue weighted by molar-refractivity contribution is 0.246. The van der Waals surface area contributed by atoms with Crippen molar-refractivity contribution in [2.75, 3.05) is 20.6 Å². The average molecular weight is 466 g/mol. The van der Waals surface area contributed by atoms with E-state index < -0.39 is 0 Å². The van der Waals surface area contributed by atoms with E-state index in [1.807, 2.05) is 19.2 Å². The molecule has 0 spiro atoms. The molecule has 3 heteroatoms. The van der Waals surface area contributed by atoms with Crippen molar-refractivity contribution in [1.29, 1.82) is 0 Å². The van der Waals surface area contributed by atoms with Crippen LogP contribution in [0.15, 0.2) is 49.7 Å². The molecule has 0 bridgehead atoms. The summed E-state index contributed by atoms with van der Waals surface area (Å²) >= 11 is 0. The van der Waals surface area contributed by atoms with Gasteiger partial charge in [0.1, 0.15) is 0 Å². The van der Waals surface area contributed by atoms with E-state index >= 15 is 0 Å². The van der Waals surface area contributed by atoms with Gasteiger partial charge >= 0.3 is 0 Å². The quantitative estimate of drug-likeness (QED) is 0.244. The third-order valence-electron chi connectivity index (χ3n) is 7.68. The molecule has 1 fully saturated rings. The van der Waals surface area contributed by atoms with E-state index in [4.69, 9.17) is 0 Å². The van der Waals surface area contributed by atoms with Crippen LogP contribution in [0.4, 0.5) is 0 Å². The first kappa shape index (κ1) is 28.4. The number of benzene rings is 1. The lowest BCUT2D eigenvalue weighted by atomic mass is 9.91. The van der Waals surface area contributed by atoms with Gasteiger partial charge in [0.25, 0.3) is 0 Å². The number of nitrogens with one attached hydrogen (secondary N) is 2. The van der Waals surface area contributed by atoms with Crippen LogP contribution in [0.25, 0.3) is 6.08 Å². The van der Waals surface area contributed by atoms with E-state index in [0.717, 1.165) is 49.9 Å². The predicted octanol–water partition coefficient (Wildman–Crippen LogP) is 6.96. The molecule has 4 unspecified atom stereocenters. The fourth-order valence-corrected chi connectivity index (χ4v) is 5.46. The minimum atomic E-state index is 0.280. The highest BCUT2D eigenvalue weighted by molar-refractivity contribution is 5.53. The van der Waals surface area contributed by atoms with Gasteiger partial charge in [-0.15, -0.1) is 6.58 Å². The fourth-order valence-electron chi connectivity index (χ4n) is 5.46. The minimum Gasteiger partial charge on any atom is -0.391 e. The summed E-state index contributed by atoms with van der Waals surface area (Å²) in [5, 5.41) is 7.20. The molecule has 0 aliphatic heterocycles. The molecule has 2 N–H and O–H groups in total. The Balaban J connectivity index is 2.06. The van der Waals surface area contributed by atoms with Crippen LogP contribution in [0, 0.1) is 11.8 Å². The molecule has 0 aromatic heterocycles. The standard InChI is InChI=1S/C31H51N3/c1-8-11-14-24(4)22-33-30-16-13-15-28(30)20-26-18-19-27(10-3)29(21-26)23-34(7)31(17-12-9-2)25(5)32-6/h9-10,18-19,21,24,28,30-33H,2-3,5,8,11-17,20,22-23H2,1,4,6-7H3. The Bertz CT molecular complexity index is 768. The van der Waals surface area contributed by atoms with Crippen molar-refractivity contribution >= 4 is 6.08 Å². The highest BCUT2D eigenvalue weighted by Gasteiger charge is 2.27. The first-order chi connectivity index (χ1) is 16.4. The number of hydrogen-bond acceptors (Lipinski definition) is 3. The van der Waals surface area contributed by atoms with Crippen LogP contribution in [0.2, 0.25) is 0 Å². The van der Waals surface area contributed by atoms with Crippen molar-refractivity contribution in [3.05, 3.63) is 66.4 Å². The molecule has 0 heterocycles. The number of rotatable bonds is 17. The van der Waals surface area contributed by atoms with Gasteiger partial charge in [-0.05, 0) is 80.6 Å². The zero-order chi connectivity index (χ0) is 24.9. The number of likely N-dealkylation sites (N-methyl/N-ethyl adjacent to an activating group) is 2. The molecule has 4 atom stereocenters. The topological polar surface area (TPSA) is 27.3 Å². The van der Waals surface area contributed by atoms with E-state index in [-0.39, 0.29) is 6.04 Å². The van der Waals surface area contributed by atoms with Gasteiger partial charge in [-0.3, -0.25) is 4.90 Å². The highest BCUT2D eigenvalue weighted by Crippen LogP contribution is 2.30. The lowest BCUT2D eigenvalue weighted by Gasteiger charge is -2.30. The molecule has 1 aromatic carbocycles. The molecule has 0 amide bonds. The van der Waals surface area contributed by atoms with E-state index in [1.165, 1.54) is 55.2 Å². The van der Waals surface area contributed by atoms with Crippen LogP contribution in [0.5, 0.6) is 0 Å². The summed E-state index contributed by atoms with van der Waals surface area (Å²) in [5.41, 5.74) is 5.12. The maximum Gasteiger partial charge on any atom is 0.0492 e. The molecule has 0 radical (unpaired) electrons. The summed E-state index contributed by atoms with van der Waals surface area (Å²) in [7, 11) is 4.16. The minimum absolute atomic E-state index is 0.280. The Hall–Kier alpha value is -1.84. The van der Waals surface area contributed by atoms with Gasteiger partial charge in [0, 0.05) is 31.4 Å². The summed E-state index contributed by atoms with van der Waals surface area (Å²) in [6.45, 7) is 19.0. The van der Waals surface area contributed by atoms with E-state index in [1.54, 1.807) is 0 Å². The first-order valence-electron chi connectivity index (χ1n) is 13.6. The number of nitrogens with zero attached hydrogens (tertiary/aromatic N) is 1. The second kappa shape index (κ2) is 15.2.